The van der Waals surface area contributed by atoms with Crippen LogP contribution in [0.4, 0.5) is 16.0 Å². The molecule has 0 spiro atoms. The number of carbonyl (C=O) groups is 1. The number of hydrogen-bond acceptors (Lipinski definition) is 6. The lowest BCUT2D eigenvalue weighted by atomic mass is 10.1. The summed E-state index contributed by atoms with van der Waals surface area (Å²) < 4.78 is 20.4. The van der Waals surface area contributed by atoms with Crippen molar-refractivity contribution in [1.82, 2.24) is 9.55 Å². The maximum absolute atomic E-state index is 14.2. The molecule has 0 atom stereocenters. The van der Waals surface area contributed by atoms with Gasteiger partial charge in [0.15, 0.2) is 0 Å². The predicted molar refractivity (Wildman–Crippen MR) is 139 cm³/mol. The standard InChI is InChI=1S/C28H27FN4O3/c1-18-7-8-19(2)25(15-18)31-11-13-32(14-12-31)28-30-24-16-20(27(35)36-3)9-10-23(24)26(34)33(28)22-6-4-5-21(29)17-22/h4-10,15-17H,11-14H2,1-3H3. The van der Waals surface area contributed by atoms with Crippen molar-refractivity contribution in [3.63, 3.8) is 0 Å². The van der Waals surface area contributed by atoms with E-state index >= 15 is 0 Å². The third-order valence-corrected chi connectivity index (χ3v) is 6.61. The van der Waals surface area contributed by atoms with E-state index in [1.54, 1.807) is 24.3 Å². The quantitative estimate of drug-likeness (QED) is 0.402. The fourth-order valence-electron chi connectivity index (χ4n) is 4.69. The van der Waals surface area contributed by atoms with Crippen molar-refractivity contribution in [1.29, 1.82) is 0 Å². The van der Waals surface area contributed by atoms with Gasteiger partial charge in [0.25, 0.3) is 5.56 Å². The smallest absolute Gasteiger partial charge is 0.337 e. The third-order valence-electron chi connectivity index (χ3n) is 6.61. The Bertz CT molecular complexity index is 1520. The summed E-state index contributed by atoms with van der Waals surface area (Å²) in [4.78, 5) is 34.9. The molecule has 1 fully saturated rings. The number of methoxy groups -OCH3 is 1. The summed E-state index contributed by atoms with van der Waals surface area (Å²) >= 11 is 0. The SMILES string of the molecule is COC(=O)c1ccc2c(=O)n(-c3cccc(F)c3)c(N3CCN(c4cc(C)ccc4C)CC3)nc2c1. The van der Waals surface area contributed by atoms with E-state index in [1.165, 1.54) is 46.7 Å². The second kappa shape index (κ2) is 9.45. The maximum Gasteiger partial charge on any atom is 0.337 e. The van der Waals surface area contributed by atoms with Crippen LogP contribution in [-0.2, 0) is 4.74 Å². The number of carbonyl (C=O) groups excluding carboxylic acids is 1. The van der Waals surface area contributed by atoms with Crippen LogP contribution in [0.5, 0.6) is 0 Å². The van der Waals surface area contributed by atoms with Crippen molar-refractivity contribution in [3.8, 4) is 5.69 Å². The average Bonchev–Trinajstić information content (AvgIpc) is 2.89. The minimum Gasteiger partial charge on any atom is -0.465 e. The summed E-state index contributed by atoms with van der Waals surface area (Å²) in [5, 5.41) is 0.338. The number of ether oxygens (including phenoxy) is 1. The van der Waals surface area contributed by atoms with E-state index in [1.807, 2.05) is 4.90 Å². The van der Waals surface area contributed by atoms with Crippen LogP contribution in [0.2, 0.25) is 0 Å². The number of nitrogens with zero attached hydrogens (tertiary/aromatic N) is 4. The summed E-state index contributed by atoms with van der Waals surface area (Å²) in [6.07, 6.45) is 0. The van der Waals surface area contributed by atoms with Gasteiger partial charge in [-0.15, -0.1) is 0 Å². The summed E-state index contributed by atoms with van der Waals surface area (Å²) in [5.74, 6) is -0.524. The van der Waals surface area contributed by atoms with Crippen molar-refractivity contribution in [2.45, 2.75) is 13.8 Å². The third kappa shape index (κ3) is 4.30. The first-order valence-electron chi connectivity index (χ1n) is 11.8. The predicted octanol–water partition coefficient (Wildman–Crippen LogP) is 4.25. The highest BCUT2D eigenvalue weighted by Crippen LogP contribution is 2.26. The monoisotopic (exact) mass is 486 g/mol. The lowest BCUT2D eigenvalue weighted by molar-refractivity contribution is 0.0601. The zero-order chi connectivity index (χ0) is 25.4. The molecule has 3 aromatic carbocycles. The number of piperazine rings is 1. The largest absolute Gasteiger partial charge is 0.465 e. The molecule has 0 amide bonds. The van der Waals surface area contributed by atoms with E-state index in [0.717, 1.165) is 13.1 Å². The van der Waals surface area contributed by atoms with Crippen LogP contribution in [0.25, 0.3) is 16.6 Å². The lowest BCUT2D eigenvalue weighted by Gasteiger charge is -2.38. The molecule has 7 nitrogen and oxygen atoms in total. The first-order chi connectivity index (χ1) is 17.4. The number of aryl methyl sites for hydroxylation is 2. The molecule has 1 saturated heterocycles. The van der Waals surface area contributed by atoms with Crippen molar-refractivity contribution in [2.75, 3.05) is 43.1 Å². The summed E-state index contributed by atoms with van der Waals surface area (Å²) in [6, 6.07) is 17.0. The second-order valence-corrected chi connectivity index (χ2v) is 9.02. The minimum atomic E-state index is -0.503. The molecule has 5 rings (SSSR count). The Balaban J connectivity index is 1.59. The molecule has 36 heavy (non-hydrogen) atoms. The van der Waals surface area contributed by atoms with E-state index in [2.05, 4.69) is 36.9 Å². The Morgan fingerprint density at radius 2 is 1.69 bits per heavy atom. The van der Waals surface area contributed by atoms with Crippen LogP contribution >= 0.6 is 0 Å². The molecule has 0 saturated carbocycles. The molecule has 0 aliphatic carbocycles. The highest BCUT2D eigenvalue weighted by atomic mass is 19.1. The number of benzene rings is 3. The highest BCUT2D eigenvalue weighted by molar-refractivity contribution is 5.94. The molecule has 1 aliphatic heterocycles. The van der Waals surface area contributed by atoms with Crippen molar-refractivity contribution in [2.24, 2.45) is 0 Å². The van der Waals surface area contributed by atoms with Crippen LogP contribution in [0.1, 0.15) is 21.5 Å². The van der Waals surface area contributed by atoms with Crippen molar-refractivity contribution < 1.29 is 13.9 Å². The molecule has 0 unspecified atom stereocenters. The van der Waals surface area contributed by atoms with E-state index in [4.69, 9.17) is 9.72 Å². The fourth-order valence-corrected chi connectivity index (χ4v) is 4.69. The second-order valence-electron chi connectivity index (χ2n) is 9.02. The summed E-state index contributed by atoms with van der Waals surface area (Å²) in [7, 11) is 1.31. The molecule has 184 valence electrons. The Kier molecular flexibility index (Phi) is 6.18. The zero-order valence-corrected chi connectivity index (χ0v) is 20.5. The minimum absolute atomic E-state index is 0.311. The molecule has 1 aromatic heterocycles. The summed E-state index contributed by atoms with van der Waals surface area (Å²) in [6.45, 7) is 6.91. The van der Waals surface area contributed by atoms with E-state index in [-0.39, 0.29) is 5.56 Å². The van der Waals surface area contributed by atoms with E-state index in [9.17, 15) is 14.0 Å². The van der Waals surface area contributed by atoms with Crippen LogP contribution in [0.15, 0.2) is 65.5 Å². The number of anilines is 2. The molecule has 0 radical (unpaired) electrons. The Morgan fingerprint density at radius 3 is 2.42 bits per heavy atom. The van der Waals surface area contributed by atoms with Gasteiger partial charge in [0, 0.05) is 31.9 Å². The first kappa shape index (κ1) is 23.5. The highest BCUT2D eigenvalue weighted by Gasteiger charge is 2.24. The van der Waals surface area contributed by atoms with Gasteiger partial charge in [-0.25, -0.2) is 18.7 Å². The molecule has 0 N–H and O–H groups in total. The van der Waals surface area contributed by atoms with Gasteiger partial charge in [-0.1, -0.05) is 18.2 Å². The molecule has 8 heteroatoms. The Hall–Kier alpha value is -4.20. The molecule has 4 aromatic rings. The number of fused-ring (bicyclic) bond motifs is 1. The van der Waals surface area contributed by atoms with Gasteiger partial charge in [0.05, 0.1) is 29.3 Å². The van der Waals surface area contributed by atoms with Crippen LogP contribution in [-0.4, -0.2) is 48.8 Å². The number of hydrogen-bond donors (Lipinski definition) is 0. The topological polar surface area (TPSA) is 67.7 Å². The van der Waals surface area contributed by atoms with Crippen molar-refractivity contribution >= 4 is 28.5 Å². The molecular formula is C28H27FN4O3. The van der Waals surface area contributed by atoms with Crippen molar-refractivity contribution in [3.05, 3.63) is 93.5 Å². The number of halogens is 1. The van der Waals surface area contributed by atoms with Gasteiger partial charge in [-0.3, -0.25) is 4.79 Å². The molecule has 2 heterocycles. The number of esters is 1. The van der Waals surface area contributed by atoms with Crippen LogP contribution in [0.3, 0.4) is 0 Å². The van der Waals surface area contributed by atoms with Gasteiger partial charge in [0.2, 0.25) is 5.95 Å². The zero-order valence-electron chi connectivity index (χ0n) is 20.5. The van der Waals surface area contributed by atoms with E-state index in [0.29, 0.717) is 41.2 Å². The molecule has 0 bridgehead atoms. The maximum atomic E-state index is 14.2. The van der Waals surface area contributed by atoms with Gasteiger partial charge in [-0.05, 0) is 67.4 Å². The van der Waals surface area contributed by atoms with Gasteiger partial charge >= 0.3 is 5.97 Å². The normalized spacial score (nSPS) is 13.8. The Morgan fingerprint density at radius 1 is 0.944 bits per heavy atom. The molecule has 1 aliphatic rings. The van der Waals surface area contributed by atoms with E-state index < -0.39 is 11.8 Å². The van der Waals surface area contributed by atoms with Gasteiger partial charge in [-0.2, -0.15) is 0 Å². The van der Waals surface area contributed by atoms with Crippen LogP contribution in [0, 0.1) is 19.7 Å². The number of aromatic nitrogens is 2. The first-order valence-corrected chi connectivity index (χ1v) is 11.8. The fraction of sp³-hybridized carbons (Fsp3) is 0.250. The van der Waals surface area contributed by atoms with Gasteiger partial charge < -0.3 is 14.5 Å². The average molecular weight is 487 g/mol. The van der Waals surface area contributed by atoms with Gasteiger partial charge in [0.1, 0.15) is 5.82 Å². The number of rotatable bonds is 4. The van der Waals surface area contributed by atoms with Crippen LogP contribution < -0.4 is 15.4 Å². The lowest BCUT2D eigenvalue weighted by Crippen LogP contribution is -2.48. The molecular weight excluding hydrogens is 459 g/mol. The summed E-state index contributed by atoms with van der Waals surface area (Å²) in [5.41, 5.74) is 4.40. The Labute approximate surface area is 208 Å².